The van der Waals surface area contributed by atoms with E-state index in [2.05, 4.69) is 5.32 Å². The lowest BCUT2D eigenvalue weighted by Crippen LogP contribution is -2.27. The molecule has 0 radical (unpaired) electrons. The van der Waals surface area contributed by atoms with Crippen LogP contribution in [0.25, 0.3) is 0 Å². The highest BCUT2D eigenvalue weighted by Crippen LogP contribution is 2.30. The SMILES string of the molecule is CCc1cc(C(=O)Nc2cc(S(=O)(=O)N3CCCC3)ccc2O)sc1C. The van der Waals surface area contributed by atoms with Gasteiger partial charge in [-0.3, -0.25) is 4.79 Å². The first-order valence-electron chi connectivity index (χ1n) is 8.56. The smallest absolute Gasteiger partial charge is 0.265 e. The van der Waals surface area contributed by atoms with E-state index in [1.54, 1.807) is 0 Å². The molecule has 3 rings (SSSR count). The number of nitrogens with one attached hydrogen (secondary N) is 1. The van der Waals surface area contributed by atoms with Crippen molar-refractivity contribution in [3.05, 3.63) is 39.6 Å². The minimum atomic E-state index is -3.61. The quantitative estimate of drug-likeness (QED) is 0.762. The highest BCUT2D eigenvalue weighted by atomic mass is 32.2. The molecule has 2 aromatic rings. The number of nitrogens with zero attached hydrogens (tertiary/aromatic N) is 1. The second kappa shape index (κ2) is 7.38. The molecule has 0 spiro atoms. The third-order valence-electron chi connectivity index (χ3n) is 4.54. The first kappa shape index (κ1) is 18.9. The second-order valence-electron chi connectivity index (χ2n) is 6.29. The fraction of sp³-hybridized carbons (Fsp3) is 0.389. The molecule has 1 aliphatic heterocycles. The minimum absolute atomic E-state index is 0.0732. The number of sulfonamides is 1. The van der Waals surface area contributed by atoms with Crippen molar-refractivity contribution in [1.82, 2.24) is 4.31 Å². The number of aromatic hydroxyl groups is 1. The molecule has 1 saturated heterocycles. The predicted molar refractivity (Wildman–Crippen MR) is 102 cm³/mol. The molecule has 0 atom stereocenters. The molecule has 2 heterocycles. The number of rotatable bonds is 5. The molecule has 6 nitrogen and oxygen atoms in total. The number of hydrogen-bond donors (Lipinski definition) is 2. The number of thiophene rings is 1. The monoisotopic (exact) mass is 394 g/mol. The lowest BCUT2D eigenvalue weighted by molar-refractivity contribution is 0.103. The van der Waals surface area contributed by atoms with Gasteiger partial charge in [0.1, 0.15) is 5.75 Å². The molecular formula is C18H22N2O4S2. The molecule has 26 heavy (non-hydrogen) atoms. The summed E-state index contributed by atoms with van der Waals surface area (Å²) < 4.78 is 26.8. The van der Waals surface area contributed by atoms with Gasteiger partial charge in [-0.05, 0) is 56.0 Å². The summed E-state index contributed by atoms with van der Waals surface area (Å²) in [5.74, 6) is -0.522. The Balaban J connectivity index is 1.87. The minimum Gasteiger partial charge on any atom is -0.506 e. The van der Waals surface area contributed by atoms with Crippen LogP contribution >= 0.6 is 11.3 Å². The molecule has 1 aliphatic rings. The molecule has 140 valence electrons. The van der Waals surface area contributed by atoms with E-state index in [0.717, 1.165) is 29.7 Å². The van der Waals surface area contributed by atoms with Crippen molar-refractivity contribution in [2.45, 2.75) is 38.0 Å². The Labute approximate surface area is 157 Å². The van der Waals surface area contributed by atoms with Gasteiger partial charge in [0.05, 0.1) is 15.5 Å². The average Bonchev–Trinajstić information content (AvgIpc) is 3.26. The number of aryl methyl sites for hydroxylation is 2. The van der Waals surface area contributed by atoms with Crippen LogP contribution in [0.3, 0.4) is 0 Å². The lowest BCUT2D eigenvalue weighted by Gasteiger charge is -2.16. The summed E-state index contributed by atoms with van der Waals surface area (Å²) in [6.07, 6.45) is 2.53. The number of phenolic OH excluding ortho intramolecular Hbond substituents is 1. The summed E-state index contributed by atoms with van der Waals surface area (Å²) >= 11 is 1.38. The van der Waals surface area contributed by atoms with Gasteiger partial charge in [-0.2, -0.15) is 4.31 Å². The predicted octanol–water partition coefficient (Wildman–Crippen LogP) is 3.36. The molecule has 0 bridgehead atoms. The Morgan fingerprint density at radius 2 is 1.96 bits per heavy atom. The van der Waals surface area contributed by atoms with Gasteiger partial charge in [0.15, 0.2) is 0 Å². The summed E-state index contributed by atoms with van der Waals surface area (Å²) in [6, 6.07) is 5.82. The number of carbonyl (C=O) groups is 1. The van der Waals surface area contributed by atoms with Crippen LogP contribution in [0.4, 0.5) is 5.69 Å². The van der Waals surface area contributed by atoms with Crippen molar-refractivity contribution >= 4 is 33.0 Å². The molecular weight excluding hydrogens is 372 g/mol. The summed E-state index contributed by atoms with van der Waals surface area (Å²) in [6.45, 7) is 4.98. The molecule has 0 unspecified atom stereocenters. The topological polar surface area (TPSA) is 86.7 Å². The van der Waals surface area contributed by atoms with Crippen LogP contribution in [-0.2, 0) is 16.4 Å². The van der Waals surface area contributed by atoms with E-state index in [1.165, 1.54) is 33.8 Å². The normalized spacial score (nSPS) is 15.3. The zero-order valence-electron chi connectivity index (χ0n) is 14.8. The third kappa shape index (κ3) is 3.62. The number of anilines is 1. The van der Waals surface area contributed by atoms with Gasteiger partial charge in [0.2, 0.25) is 10.0 Å². The van der Waals surface area contributed by atoms with Crippen molar-refractivity contribution < 1.29 is 18.3 Å². The number of carbonyl (C=O) groups excluding carboxylic acids is 1. The first-order chi connectivity index (χ1) is 12.3. The van der Waals surface area contributed by atoms with Crippen LogP contribution < -0.4 is 5.32 Å². The van der Waals surface area contributed by atoms with Crippen molar-refractivity contribution in [2.75, 3.05) is 18.4 Å². The molecule has 8 heteroatoms. The van der Waals surface area contributed by atoms with Gasteiger partial charge in [0, 0.05) is 18.0 Å². The van der Waals surface area contributed by atoms with Crippen molar-refractivity contribution in [2.24, 2.45) is 0 Å². The van der Waals surface area contributed by atoms with E-state index in [1.807, 2.05) is 19.9 Å². The second-order valence-corrected chi connectivity index (χ2v) is 9.48. The number of benzene rings is 1. The zero-order valence-corrected chi connectivity index (χ0v) is 16.4. The first-order valence-corrected chi connectivity index (χ1v) is 10.8. The molecule has 1 amide bonds. The number of amides is 1. The number of hydrogen-bond acceptors (Lipinski definition) is 5. The Bertz CT molecular complexity index is 929. The molecule has 1 fully saturated rings. The van der Waals surface area contributed by atoms with E-state index in [4.69, 9.17) is 0 Å². The number of phenols is 1. The fourth-order valence-electron chi connectivity index (χ4n) is 3.02. The van der Waals surface area contributed by atoms with Crippen LogP contribution in [0, 0.1) is 6.92 Å². The largest absolute Gasteiger partial charge is 0.506 e. The summed E-state index contributed by atoms with van der Waals surface area (Å²) in [7, 11) is -3.61. The summed E-state index contributed by atoms with van der Waals surface area (Å²) in [4.78, 5) is 14.2. The van der Waals surface area contributed by atoms with E-state index in [-0.39, 0.29) is 22.2 Å². The van der Waals surface area contributed by atoms with Gasteiger partial charge in [0.25, 0.3) is 5.91 Å². The van der Waals surface area contributed by atoms with Crippen molar-refractivity contribution in [1.29, 1.82) is 0 Å². The highest BCUT2D eigenvalue weighted by molar-refractivity contribution is 7.89. The van der Waals surface area contributed by atoms with Gasteiger partial charge in [-0.25, -0.2) is 8.42 Å². The van der Waals surface area contributed by atoms with Crippen LogP contribution in [0.15, 0.2) is 29.2 Å². The maximum atomic E-state index is 12.7. The van der Waals surface area contributed by atoms with Gasteiger partial charge >= 0.3 is 0 Å². The zero-order chi connectivity index (χ0) is 18.9. The molecule has 1 aromatic carbocycles. The van der Waals surface area contributed by atoms with Crippen LogP contribution in [-0.4, -0.2) is 36.8 Å². The Morgan fingerprint density at radius 1 is 1.27 bits per heavy atom. The lowest BCUT2D eigenvalue weighted by atomic mass is 10.2. The van der Waals surface area contributed by atoms with Crippen molar-refractivity contribution in [3.63, 3.8) is 0 Å². The Morgan fingerprint density at radius 3 is 2.58 bits per heavy atom. The summed E-state index contributed by atoms with van der Waals surface area (Å²) in [5.41, 5.74) is 1.20. The molecule has 0 saturated carbocycles. The van der Waals surface area contributed by atoms with Crippen molar-refractivity contribution in [3.8, 4) is 5.75 Å². The molecule has 0 aliphatic carbocycles. The van der Waals surface area contributed by atoms with Gasteiger partial charge in [-0.15, -0.1) is 11.3 Å². The Hall–Kier alpha value is -1.90. The van der Waals surface area contributed by atoms with Gasteiger partial charge in [-0.1, -0.05) is 6.92 Å². The average molecular weight is 395 g/mol. The Kier molecular flexibility index (Phi) is 5.36. The van der Waals surface area contributed by atoms with E-state index in [9.17, 15) is 18.3 Å². The third-order valence-corrected chi connectivity index (χ3v) is 7.53. The van der Waals surface area contributed by atoms with E-state index in [0.29, 0.717) is 18.0 Å². The maximum Gasteiger partial charge on any atom is 0.265 e. The van der Waals surface area contributed by atoms with E-state index >= 15 is 0 Å². The standard InChI is InChI=1S/C18H22N2O4S2/c1-3-13-10-17(25-12(13)2)18(22)19-15-11-14(6-7-16(15)21)26(23,24)20-8-4-5-9-20/h6-7,10-11,21H,3-5,8-9H2,1-2H3,(H,19,22). The van der Waals surface area contributed by atoms with E-state index < -0.39 is 10.0 Å². The summed E-state index contributed by atoms with van der Waals surface area (Å²) in [5, 5.41) is 12.7. The van der Waals surface area contributed by atoms with Crippen LogP contribution in [0.1, 0.15) is 39.9 Å². The van der Waals surface area contributed by atoms with Crippen LogP contribution in [0.2, 0.25) is 0 Å². The fourth-order valence-corrected chi connectivity index (χ4v) is 5.57. The highest BCUT2D eigenvalue weighted by Gasteiger charge is 2.28. The van der Waals surface area contributed by atoms with Crippen LogP contribution in [0.5, 0.6) is 5.75 Å². The maximum absolute atomic E-state index is 12.7. The molecule has 2 N–H and O–H groups in total. The van der Waals surface area contributed by atoms with Gasteiger partial charge < -0.3 is 10.4 Å². The molecule has 1 aromatic heterocycles.